The van der Waals surface area contributed by atoms with E-state index in [0.29, 0.717) is 18.7 Å². The molecule has 2 rings (SSSR count). The van der Waals surface area contributed by atoms with E-state index < -0.39 is 24.0 Å². The molecule has 1 heterocycles. The highest BCUT2D eigenvalue weighted by Crippen LogP contribution is 2.34. The lowest BCUT2D eigenvalue weighted by atomic mass is 9.96. The zero-order chi connectivity index (χ0) is 17.0. The Balaban J connectivity index is 2.13. The van der Waals surface area contributed by atoms with Gasteiger partial charge in [0.15, 0.2) is 6.04 Å². The summed E-state index contributed by atoms with van der Waals surface area (Å²) in [5.74, 6) is -0.485. The molecule has 2 unspecified atom stereocenters. The topological polar surface area (TPSA) is 41.6 Å². The SMILES string of the molecule is COc1ccc(C(NC(=O)C2CCCN(C)C2)C(F)(F)F)cc1. The van der Waals surface area contributed by atoms with Crippen molar-refractivity contribution < 1.29 is 22.7 Å². The fourth-order valence-corrected chi connectivity index (χ4v) is 2.79. The molecule has 1 amide bonds. The van der Waals surface area contributed by atoms with Gasteiger partial charge in [0.1, 0.15) is 5.75 Å². The van der Waals surface area contributed by atoms with Gasteiger partial charge in [-0.05, 0) is 44.1 Å². The molecule has 4 nitrogen and oxygen atoms in total. The number of hydrogen-bond donors (Lipinski definition) is 1. The lowest BCUT2D eigenvalue weighted by molar-refractivity contribution is -0.165. The summed E-state index contributed by atoms with van der Waals surface area (Å²) in [7, 11) is 3.31. The van der Waals surface area contributed by atoms with E-state index in [0.717, 1.165) is 13.0 Å². The molecule has 0 saturated carbocycles. The highest BCUT2D eigenvalue weighted by Gasteiger charge is 2.42. The third-order valence-electron chi connectivity index (χ3n) is 4.06. The van der Waals surface area contributed by atoms with Crippen molar-refractivity contribution in [3.63, 3.8) is 0 Å². The molecule has 0 aromatic heterocycles. The molecule has 23 heavy (non-hydrogen) atoms. The van der Waals surface area contributed by atoms with Crippen LogP contribution in [0.15, 0.2) is 24.3 Å². The number of carbonyl (C=O) groups excluding carboxylic acids is 1. The van der Waals surface area contributed by atoms with Crippen LogP contribution in [-0.2, 0) is 4.79 Å². The number of hydrogen-bond acceptors (Lipinski definition) is 3. The van der Waals surface area contributed by atoms with Crippen LogP contribution in [0, 0.1) is 5.92 Å². The van der Waals surface area contributed by atoms with E-state index in [1.54, 1.807) is 0 Å². The fraction of sp³-hybridized carbons (Fsp3) is 0.562. The minimum atomic E-state index is -4.55. The summed E-state index contributed by atoms with van der Waals surface area (Å²) >= 11 is 0. The molecule has 1 aromatic rings. The third-order valence-corrected chi connectivity index (χ3v) is 4.06. The Bertz CT molecular complexity index is 531. The second kappa shape index (κ2) is 7.21. The van der Waals surface area contributed by atoms with E-state index in [-0.39, 0.29) is 5.56 Å². The third kappa shape index (κ3) is 4.60. The van der Waals surface area contributed by atoms with Crippen LogP contribution < -0.4 is 10.1 Å². The summed E-state index contributed by atoms with van der Waals surface area (Å²) in [6.07, 6.45) is -3.12. The molecular formula is C16H21F3N2O2. The molecule has 1 saturated heterocycles. The van der Waals surface area contributed by atoms with E-state index in [9.17, 15) is 18.0 Å². The van der Waals surface area contributed by atoms with Crippen LogP contribution in [0.4, 0.5) is 13.2 Å². The van der Waals surface area contributed by atoms with Gasteiger partial charge in [0.2, 0.25) is 5.91 Å². The molecule has 128 valence electrons. The van der Waals surface area contributed by atoms with Crippen LogP contribution in [0.25, 0.3) is 0 Å². The van der Waals surface area contributed by atoms with Crippen molar-refractivity contribution in [3.8, 4) is 5.75 Å². The highest BCUT2D eigenvalue weighted by molar-refractivity contribution is 5.79. The highest BCUT2D eigenvalue weighted by atomic mass is 19.4. The molecular weight excluding hydrogens is 309 g/mol. The zero-order valence-electron chi connectivity index (χ0n) is 13.2. The number of amides is 1. The van der Waals surface area contributed by atoms with Gasteiger partial charge in [-0.1, -0.05) is 12.1 Å². The van der Waals surface area contributed by atoms with Crippen molar-refractivity contribution >= 4 is 5.91 Å². The van der Waals surface area contributed by atoms with Crippen LogP contribution in [0.5, 0.6) is 5.75 Å². The van der Waals surface area contributed by atoms with Crippen molar-refractivity contribution in [1.82, 2.24) is 10.2 Å². The van der Waals surface area contributed by atoms with Gasteiger partial charge >= 0.3 is 6.18 Å². The molecule has 1 fully saturated rings. The number of alkyl halides is 3. The summed E-state index contributed by atoms with van der Waals surface area (Å²) in [6.45, 7) is 1.35. The average Bonchev–Trinajstić information content (AvgIpc) is 2.51. The first kappa shape index (κ1) is 17.6. The maximum absolute atomic E-state index is 13.3. The number of methoxy groups -OCH3 is 1. The van der Waals surface area contributed by atoms with Gasteiger partial charge in [-0.25, -0.2) is 0 Å². The van der Waals surface area contributed by atoms with Gasteiger partial charge in [-0.3, -0.25) is 4.79 Å². The average molecular weight is 330 g/mol. The second-order valence-corrected chi connectivity index (χ2v) is 5.86. The maximum atomic E-state index is 13.3. The molecule has 0 aliphatic carbocycles. The van der Waals surface area contributed by atoms with E-state index in [1.807, 2.05) is 11.9 Å². The summed E-state index contributed by atoms with van der Waals surface area (Å²) in [4.78, 5) is 14.2. The largest absolute Gasteiger partial charge is 0.497 e. The van der Waals surface area contributed by atoms with Crippen molar-refractivity contribution in [1.29, 1.82) is 0 Å². The summed E-state index contributed by atoms with van der Waals surface area (Å²) in [5, 5.41) is 2.17. The Morgan fingerprint density at radius 2 is 2.00 bits per heavy atom. The van der Waals surface area contributed by atoms with Gasteiger partial charge in [0, 0.05) is 6.54 Å². The van der Waals surface area contributed by atoms with Crippen LogP contribution in [0.2, 0.25) is 0 Å². The lowest BCUT2D eigenvalue weighted by Crippen LogP contribution is -2.45. The van der Waals surface area contributed by atoms with E-state index in [2.05, 4.69) is 5.32 Å². The predicted octanol–water partition coefficient (Wildman–Crippen LogP) is 2.76. The first-order valence-electron chi connectivity index (χ1n) is 7.51. The number of benzene rings is 1. The van der Waals surface area contributed by atoms with Gasteiger partial charge in [-0.15, -0.1) is 0 Å². The maximum Gasteiger partial charge on any atom is 0.412 e. The normalized spacial score (nSPS) is 20.8. The molecule has 2 atom stereocenters. The monoisotopic (exact) mass is 330 g/mol. The molecule has 1 aliphatic rings. The predicted molar refractivity (Wildman–Crippen MR) is 80.2 cm³/mol. The van der Waals surface area contributed by atoms with Crippen LogP contribution in [-0.4, -0.2) is 44.2 Å². The van der Waals surface area contributed by atoms with Gasteiger partial charge in [-0.2, -0.15) is 13.2 Å². The summed E-state index contributed by atoms with van der Waals surface area (Å²) < 4.78 is 45.0. The number of halogens is 3. The molecule has 0 spiro atoms. The summed E-state index contributed by atoms with van der Waals surface area (Å²) in [6, 6.07) is 3.55. The fourth-order valence-electron chi connectivity index (χ4n) is 2.79. The first-order valence-corrected chi connectivity index (χ1v) is 7.51. The minimum Gasteiger partial charge on any atom is -0.497 e. The Morgan fingerprint density at radius 1 is 1.35 bits per heavy atom. The van der Waals surface area contributed by atoms with E-state index in [4.69, 9.17) is 4.74 Å². The number of likely N-dealkylation sites (tertiary alicyclic amines) is 1. The molecule has 1 aromatic carbocycles. The first-order chi connectivity index (χ1) is 10.8. The van der Waals surface area contributed by atoms with Crippen molar-refractivity contribution in [2.75, 3.05) is 27.2 Å². The number of nitrogens with one attached hydrogen (secondary N) is 1. The molecule has 7 heteroatoms. The number of piperidine rings is 1. The van der Waals surface area contributed by atoms with Crippen LogP contribution in [0.3, 0.4) is 0 Å². The smallest absolute Gasteiger partial charge is 0.412 e. The van der Waals surface area contributed by atoms with E-state index in [1.165, 1.54) is 31.4 Å². The Kier molecular flexibility index (Phi) is 5.51. The lowest BCUT2D eigenvalue weighted by Gasteiger charge is -2.30. The molecule has 0 radical (unpaired) electrons. The quantitative estimate of drug-likeness (QED) is 0.923. The van der Waals surface area contributed by atoms with E-state index >= 15 is 0 Å². The van der Waals surface area contributed by atoms with Crippen molar-refractivity contribution in [2.24, 2.45) is 5.92 Å². The molecule has 1 N–H and O–H groups in total. The standard InChI is InChI=1S/C16H21F3N2O2/c1-21-9-3-4-12(10-21)15(22)20-14(16(17,18)19)11-5-7-13(23-2)8-6-11/h5-8,12,14H,3-4,9-10H2,1-2H3,(H,20,22). The van der Waals surface area contributed by atoms with Gasteiger partial charge < -0.3 is 15.0 Å². The summed E-state index contributed by atoms with van der Waals surface area (Å²) in [5.41, 5.74) is -0.00388. The Morgan fingerprint density at radius 3 is 2.52 bits per heavy atom. The second-order valence-electron chi connectivity index (χ2n) is 5.86. The Hall–Kier alpha value is -1.76. The van der Waals surface area contributed by atoms with Crippen LogP contribution in [0.1, 0.15) is 24.4 Å². The Labute approximate surface area is 133 Å². The zero-order valence-corrected chi connectivity index (χ0v) is 13.2. The number of carbonyl (C=O) groups is 1. The van der Waals surface area contributed by atoms with Gasteiger partial charge in [0.25, 0.3) is 0 Å². The number of rotatable bonds is 4. The van der Waals surface area contributed by atoms with Crippen LogP contribution >= 0.6 is 0 Å². The number of ether oxygens (including phenoxy) is 1. The molecule has 1 aliphatic heterocycles. The molecule has 0 bridgehead atoms. The van der Waals surface area contributed by atoms with Crippen molar-refractivity contribution in [3.05, 3.63) is 29.8 Å². The minimum absolute atomic E-state index is 0.00388. The number of nitrogens with zero attached hydrogens (tertiary/aromatic N) is 1. The van der Waals surface area contributed by atoms with Crippen molar-refractivity contribution in [2.45, 2.75) is 25.1 Å². The van der Waals surface area contributed by atoms with Gasteiger partial charge in [0.05, 0.1) is 13.0 Å².